The van der Waals surface area contributed by atoms with Crippen LogP contribution >= 0.6 is 0 Å². The van der Waals surface area contributed by atoms with Crippen LogP contribution in [-0.4, -0.2) is 24.3 Å². The Balaban J connectivity index is 2.71. The number of carboxylic acid groups (broad SMARTS) is 1. The second-order valence-corrected chi connectivity index (χ2v) is 2.23. The van der Waals surface area contributed by atoms with Gasteiger partial charge >= 0.3 is 5.97 Å². The van der Waals surface area contributed by atoms with Crippen molar-refractivity contribution in [3.8, 4) is 0 Å². The number of ether oxygens (including phenoxy) is 1. The van der Waals surface area contributed by atoms with Crippen LogP contribution in [-0.2, 0) is 9.53 Å². The van der Waals surface area contributed by atoms with E-state index >= 15 is 0 Å². The largest absolute Gasteiger partial charge is 0.478 e. The second-order valence-electron chi connectivity index (χ2n) is 2.23. The van der Waals surface area contributed by atoms with Crippen molar-refractivity contribution in [2.45, 2.75) is 13.3 Å². The van der Waals surface area contributed by atoms with Crippen molar-refractivity contribution in [1.82, 2.24) is 0 Å². The Bertz CT molecular complexity index is 175. The van der Waals surface area contributed by atoms with Crippen LogP contribution in [0.3, 0.4) is 0 Å². The highest BCUT2D eigenvalue weighted by atomic mass is 16.5. The highest BCUT2D eigenvalue weighted by Crippen LogP contribution is 2.16. The van der Waals surface area contributed by atoms with Crippen LogP contribution in [0.4, 0.5) is 0 Å². The maximum atomic E-state index is 10.5. The minimum absolute atomic E-state index is 0.509. The average Bonchev–Trinajstić information content (AvgIpc) is 1.76. The molecule has 56 valence electrons. The number of rotatable bonds is 2. The van der Waals surface area contributed by atoms with E-state index in [4.69, 9.17) is 9.84 Å². The molecule has 0 bridgehead atoms. The van der Waals surface area contributed by atoms with E-state index in [0.29, 0.717) is 25.2 Å². The van der Waals surface area contributed by atoms with Gasteiger partial charge in [-0.2, -0.15) is 0 Å². The minimum Gasteiger partial charge on any atom is -0.478 e. The van der Waals surface area contributed by atoms with Crippen molar-refractivity contribution in [2.75, 3.05) is 13.2 Å². The Morgan fingerprint density at radius 1 is 1.70 bits per heavy atom. The first-order valence-corrected chi connectivity index (χ1v) is 3.27. The molecule has 0 saturated carbocycles. The Morgan fingerprint density at radius 3 is 2.40 bits per heavy atom. The third-order valence-corrected chi connectivity index (χ3v) is 1.59. The van der Waals surface area contributed by atoms with E-state index in [0.717, 1.165) is 5.57 Å². The first-order chi connectivity index (χ1) is 4.75. The van der Waals surface area contributed by atoms with E-state index in [1.165, 1.54) is 0 Å². The van der Waals surface area contributed by atoms with E-state index in [1.54, 1.807) is 0 Å². The molecule has 0 spiro atoms. The number of hydrogen-bond acceptors (Lipinski definition) is 2. The molecule has 1 aliphatic heterocycles. The third-order valence-electron chi connectivity index (χ3n) is 1.59. The summed E-state index contributed by atoms with van der Waals surface area (Å²) in [6.07, 6.45) is 0.591. The van der Waals surface area contributed by atoms with Crippen molar-refractivity contribution >= 4 is 5.97 Å². The zero-order chi connectivity index (χ0) is 7.56. The van der Waals surface area contributed by atoms with Crippen molar-refractivity contribution < 1.29 is 14.6 Å². The number of hydrogen-bond donors (Lipinski definition) is 1. The maximum Gasteiger partial charge on any atom is 0.331 e. The summed E-state index contributed by atoms with van der Waals surface area (Å²) in [6, 6.07) is 0. The highest BCUT2D eigenvalue weighted by molar-refractivity contribution is 5.87. The second kappa shape index (κ2) is 2.84. The summed E-state index contributed by atoms with van der Waals surface area (Å²) in [7, 11) is 0. The standard InChI is InChI=1S/C7H10O3/c1-2-6(7(8)9)5-3-10-4-5/h2-4H2,1H3,(H,8,9). The van der Waals surface area contributed by atoms with Gasteiger partial charge in [0.1, 0.15) is 0 Å². The molecule has 0 aromatic heterocycles. The zero-order valence-corrected chi connectivity index (χ0v) is 5.89. The molecule has 0 atom stereocenters. The van der Waals surface area contributed by atoms with Crippen LogP contribution in [0.2, 0.25) is 0 Å². The third kappa shape index (κ3) is 1.19. The lowest BCUT2D eigenvalue weighted by Gasteiger charge is -2.19. The smallest absolute Gasteiger partial charge is 0.331 e. The van der Waals surface area contributed by atoms with Crippen LogP contribution < -0.4 is 0 Å². The van der Waals surface area contributed by atoms with Gasteiger partial charge in [0.25, 0.3) is 0 Å². The topological polar surface area (TPSA) is 46.5 Å². The molecule has 1 N–H and O–H groups in total. The summed E-state index contributed by atoms with van der Waals surface area (Å²) in [4.78, 5) is 10.5. The summed E-state index contributed by atoms with van der Waals surface area (Å²) in [6.45, 7) is 2.86. The average molecular weight is 142 g/mol. The molecule has 3 nitrogen and oxygen atoms in total. The molecule has 0 aliphatic carbocycles. The summed E-state index contributed by atoms with van der Waals surface area (Å²) >= 11 is 0. The first kappa shape index (κ1) is 7.28. The molecule has 0 aromatic carbocycles. The predicted molar refractivity (Wildman–Crippen MR) is 35.8 cm³/mol. The molecular formula is C7H10O3. The Hall–Kier alpha value is -0.830. The van der Waals surface area contributed by atoms with E-state index in [1.807, 2.05) is 6.92 Å². The summed E-state index contributed by atoms with van der Waals surface area (Å²) in [5.74, 6) is -0.805. The summed E-state index contributed by atoms with van der Waals surface area (Å²) in [5, 5.41) is 8.60. The van der Waals surface area contributed by atoms with Gasteiger partial charge in [-0.15, -0.1) is 0 Å². The molecule has 0 aromatic rings. The van der Waals surface area contributed by atoms with Crippen LogP contribution in [0.25, 0.3) is 0 Å². The van der Waals surface area contributed by atoms with E-state index in [2.05, 4.69) is 0 Å². The lowest BCUT2D eigenvalue weighted by atomic mass is 10.1. The molecular weight excluding hydrogens is 132 g/mol. The van der Waals surface area contributed by atoms with Crippen molar-refractivity contribution in [1.29, 1.82) is 0 Å². The highest BCUT2D eigenvalue weighted by Gasteiger charge is 2.18. The van der Waals surface area contributed by atoms with Crippen molar-refractivity contribution in [3.63, 3.8) is 0 Å². The first-order valence-electron chi connectivity index (χ1n) is 3.27. The van der Waals surface area contributed by atoms with Gasteiger partial charge in [0.15, 0.2) is 0 Å². The quantitative estimate of drug-likeness (QED) is 0.580. The van der Waals surface area contributed by atoms with Gasteiger partial charge in [0.05, 0.1) is 13.2 Å². The molecule has 0 unspecified atom stereocenters. The Labute approximate surface area is 59.3 Å². The van der Waals surface area contributed by atoms with Crippen molar-refractivity contribution in [3.05, 3.63) is 11.1 Å². The van der Waals surface area contributed by atoms with Gasteiger partial charge in [-0.05, 0) is 12.0 Å². The van der Waals surface area contributed by atoms with E-state index in [9.17, 15) is 4.79 Å². The fraction of sp³-hybridized carbons (Fsp3) is 0.571. The van der Waals surface area contributed by atoms with Crippen LogP contribution in [0.15, 0.2) is 11.1 Å². The number of carboxylic acids is 1. The molecule has 0 radical (unpaired) electrons. The molecule has 1 aliphatic rings. The molecule has 3 heteroatoms. The SMILES string of the molecule is CCC(C(=O)O)=C1COC1. The minimum atomic E-state index is -0.805. The molecule has 1 fully saturated rings. The van der Waals surface area contributed by atoms with Gasteiger partial charge in [0.2, 0.25) is 0 Å². The monoisotopic (exact) mass is 142 g/mol. The zero-order valence-electron chi connectivity index (χ0n) is 5.89. The van der Waals surface area contributed by atoms with Gasteiger partial charge in [0, 0.05) is 5.57 Å². The van der Waals surface area contributed by atoms with Crippen molar-refractivity contribution in [2.24, 2.45) is 0 Å². The Morgan fingerprint density at radius 2 is 2.30 bits per heavy atom. The van der Waals surface area contributed by atoms with Gasteiger partial charge < -0.3 is 9.84 Å². The maximum absolute atomic E-state index is 10.5. The fourth-order valence-electron chi connectivity index (χ4n) is 0.931. The predicted octanol–water partition coefficient (Wildman–Crippen LogP) is 0.808. The molecule has 1 saturated heterocycles. The molecule has 1 rings (SSSR count). The van der Waals surface area contributed by atoms with Crippen LogP contribution in [0, 0.1) is 0 Å². The number of aliphatic carboxylic acids is 1. The molecule has 0 amide bonds. The fourth-order valence-corrected chi connectivity index (χ4v) is 0.931. The number of carbonyl (C=O) groups is 1. The van der Waals surface area contributed by atoms with Gasteiger partial charge in [-0.3, -0.25) is 0 Å². The van der Waals surface area contributed by atoms with Crippen LogP contribution in [0.1, 0.15) is 13.3 Å². The van der Waals surface area contributed by atoms with Gasteiger partial charge in [-0.1, -0.05) is 6.92 Å². The normalized spacial score (nSPS) is 16.3. The van der Waals surface area contributed by atoms with Crippen LogP contribution in [0.5, 0.6) is 0 Å². The Kier molecular flexibility index (Phi) is 2.06. The summed E-state index contributed by atoms with van der Waals surface area (Å²) in [5.41, 5.74) is 1.46. The van der Waals surface area contributed by atoms with E-state index < -0.39 is 5.97 Å². The van der Waals surface area contributed by atoms with Gasteiger partial charge in [-0.25, -0.2) is 4.79 Å². The lowest BCUT2D eigenvalue weighted by Crippen LogP contribution is -2.21. The molecule has 1 heterocycles. The lowest BCUT2D eigenvalue weighted by molar-refractivity contribution is -0.133. The molecule has 10 heavy (non-hydrogen) atoms. The summed E-state index contributed by atoms with van der Waals surface area (Å²) < 4.78 is 4.85. The van der Waals surface area contributed by atoms with E-state index in [-0.39, 0.29) is 0 Å².